The van der Waals surface area contributed by atoms with Gasteiger partial charge in [-0.15, -0.1) is 0 Å². The van der Waals surface area contributed by atoms with Crippen LogP contribution in [0.15, 0.2) is 18.2 Å². The maximum atomic E-state index is 12.2. The zero-order chi connectivity index (χ0) is 18.4. The molecule has 0 saturated carbocycles. The molecule has 0 bridgehead atoms. The van der Waals surface area contributed by atoms with Crippen LogP contribution in [0, 0.1) is 17.0 Å². The second kappa shape index (κ2) is 8.43. The van der Waals surface area contributed by atoms with Crippen LogP contribution in [-0.4, -0.2) is 61.2 Å². The fourth-order valence-electron chi connectivity index (χ4n) is 2.68. The van der Waals surface area contributed by atoms with Gasteiger partial charge in [-0.1, -0.05) is 6.07 Å². The summed E-state index contributed by atoms with van der Waals surface area (Å²) >= 11 is 0. The first kappa shape index (κ1) is 18.7. The standard InChI is InChI=1S/C16H22N4O5/c1-3-25-16(22)19-8-6-18(7-9-19)11-15(21)17-14-10-13(20(23)24)5-4-12(14)2/h4-5,10H,3,6-9,11H2,1-2H3,(H,17,21)/p+1. The predicted octanol–water partition coefficient (Wildman–Crippen LogP) is 0.199. The number of amides is 2. The Hall–Kier alpha value is -2.68. The number of rotatable bonds is 5. The van der Waals surface area contributed by atoms with Crippen LogP contribution in [0.1, 0.15) is 12.5 Å². The molecule has 0 aromatic heterocycles. The Kier molecular flexibility index (Phi) is 6.29. The third kappa shape index (κ3) is 5.15. The van der Waals surface area contributed by atoms with Gasteiger partial charge in [0.05, 0.1) is 43.4 Å². The number of aryl methyl sites for hydroxylation is 1. The summed E-state index contributed by atoms with van der Waals surface area (Å²) in [6.45, 7) is 6.52. The van der Waals surface area contributed by atoms with Gasteiger partial charge in [0.15, 0.2) is 6.54 Å². The number of anilines is 1. The van der Waals surface area contributed by atoms with Gasteiger partial charge in [-0.2, -0.15) is 0 Å². The van der Waals surface area contributed by atoms with E-state index in [-0.39, 0.29) is 24.2 Å². The number of quaternary nitrogens is 1. The van der Waals surface area contributed by atoms with Crippen LogP contribution < -0.4 is 10.2 Å². The molecule has 9 nitrogen and oxygen atoms in total. The molecule has 2 amide bonds. The van der Waals surface area contributed by atoms with E-state index in [1.807, 2.05) is 0 Å². The topological polar surface area (TPSA) is 106 Å². The molecule has 0 aliphatic carbocycles. The third-order valence-electron chi connectivity index (χ3n) is 4.11. The Labute approximate surface area is 145 Å². The number of non-ortho nitro benzene ring substituents is 1. The van der Waals surface area contributed by atoms with Crippen molar-refractivity contribution >= 4 is 23.4 Å². The summed E-state index contributed by atoms with van der Waals surface area (Å²) in [4.78, 5) is 36.9. The van der Waals surface area contributed by atoms with Crippen LogP contribution in [0.3, 0.4) is 0 Å². The number of ether oxygens (including phenoxy) is 1. The molecule has 136 valence electrons. The maximum absolute atomic E-state index is 12.2. The first-order chi connectivity index (χ1) is 11.9. The first-order valence-corrected chi connectivity index (χ1v) is 8.21. The van der Waals surface area contributed by atoms with Crippen molar-refractivity contribution in [1.82, 2.24) is 4.90 Å². The predicted molar refractivity (Wildman–Crippen MR) is 90.6 cm³/mol. The molecule has 2 N–H and O–H groups in total. The molecular formula is C16H23N4O5+. The van der Waals surface area contributed by atoms with Crippen molar-refractivity contribution in [3.63, 3.8) is 0 Å². The molecule has 1 aromatic carbocycles. The summed E-state index contributed by atoms with van der Waals surface area (Å²) < 4.78 is 4.96. The highest BCUT2D eigenvalue weighted by atomic mass is 16.6. The maximum Gasteiger partial charge on any atom is 0.410 e. The minimum atomic E-state index is -0.491. The molecule has 0 atom stereocenters. The molecule has 0 spiro atoms. The minimum absolute atomic E-state index is 0.0590. The van der Waals surface area contributed by atoms with E-state index in [0.717, 1.165) is 10.5 Å². The van der Waals surface area contributed by atoms with Crippen LogP contribution in [0.5, 0.6) is 0 Å². The molecule has 1 aliphatic rings. The van der Waals surface area contributed by atoms with E-state index >= 15 is 0 Å². The number of nitro benzene ring substituents is 1. The summed E-state index contributed by atoms with van der Waals surface area (Å²) in [5, 5.41) is 13.6. The van der Waals surface area contributed by atoms with Gasteiger partial charge in [-0.25, -0.2) is 4.79 Å². The number of piperazine rings is 1. The van der Waals surface area contributed by atoms with Crippen molar-refractivity contribution in [1.29, 1.82) is 0 Å². The minimum Gasteiger partial charge on any atom is -0.450 e. The van der Waals surface area contributed by atoms with Crippen LogP contribution in [0.2, 0.25) is 0 Å². The van der Waals surface area contributed by atoms with Gasteiger partial charge in [0, 0.05) is 12.1 Å². The van der Waals surface area contributed by atoms with Gasteiger partial charge in [-0.05, 0) is 19.4 Å². The van der Waals surface area contributed by atoms with E-state index in [2.05, 4.69) is 5.32 Å². The van der Waals surface area contributed by atoms with Crippen LogP contribution in [-0.2, 0) is 9.53 Å². The lowest BCUT2D eigenvalue weighted by molar-refractivity contribution is -0.895. The summed E-state index contributed by atoms with van der Waals surface area (Å²) in [7, 11) is 0. The van der Waals surface area contributed by atoms with Crippen LogP contribution in [0.25, 0.3) is 0 Å². The fourth-order valence-corrected chi connectivity index (χ4v) is 2.68. The zero-order valence-electron chi connectivity index (χ0n) is 14.4. The van der Waals surface area contributed by atoms with Gasteiger partial charge in [0.2, 0.25) is 0 Å². The molecule has 1 saturated heterocycles. The first-order valence-electron chi connectivity index (χ1n) is 8.21. The fraction of sp³-hybridized carbons (Fsp3) is 0.500. The van der Waals surface area contributed by atoms with E-state index in [1.165, 1.54) is 12.1 Å². The molecule has 0 unspecified atom stereocenters. The molecular weight excluding hydrogens is 328 g/mol. The van der Waals surface area contributed by atoms with E-state index in [9.17, 15) is 19.7 Å². The zero-order valence-corrected chi connectivity index (χ0v) is 14.4. The number of nitrogens with one attached hydrogen (secondary N) is 2. The third-order valence-corrected chi connectivity index (χ3v) is 4.11. The Bertz CT molecular complexity index is 656. The summed E-state index contributed by atoms with van der Waals surface area (Å²) in [5.41, 5.74) is 1.15. The van der Waals surface area contributed by atoms with Gasteiger partial charge < -0.3 is 15.0 Å². The van der Waals surface area contributed by atoms with Crippen molar-refractivity contribution in [2.75, 3.05) is 44.6 Å². The lowest BCUT2D eigenvalue weighted by Gasteiger charge is -2.31. The monoisotopic (exact) mass is 351 g/mol. The Balaban J connectivity index is 1.86. The quantitative estimate of drug-likeness (QED) is 0.582. The number of hydrogen-bond donors (Lipinski definition) is 2. The smallest absolute Gasteiger partial charge is 0.410 e. The van der Waals surface area contributed by atoms with Crippen LogP contribution in [0.4, 0.5) is 16.2 Å². The van der Waals surface area contributed by atoms with Crippen molar-refractivity contribution in [3.8, 4) is 0 Å². The summed E-state index contributed by atoms with van der Waals surface area (Å²) in [5.74, 6) is -0.205. The van der Waals surface area contributed by atoms with E-state index < -0.39 is 4.92 Å². The molecule has 1 heterocycles. The van der Waals surface area contributed by atoms with Crippen molar-refractivity contribution in [2.24, 2.45) is 0 Å². The lowest BCUT2D eigenvalue weighted by atomic mass is 10.2. The van der Waals surface area contributed by atoms with Gasteiger partial charge >= 0.3 is 6.09 Å². The molecule has 9 heteroatoms. The SMILES string of the molecule is CCOC(=O)N1CC[NH+](CC(=O)Nc2cc([N+](=O)[O-])ccc2C)CC1. The molecule has 2 rings (SSSR count). The van der Waals surface area contributed by atoms with Crippen molar-refractivity contribution in [2.45, 2.75) is 13.8 Å². The van der Waals surface area contributed by atoms with Crippen molar-refractivity contribution in [3.05, 3.63) is 33.9 Å². The van der Waals surface area contributed by atoms with Gasteiger partial charge in [0.1, 0.15) is 0 Å². The number of nitro groups is 1. The number of benzene rings is 1. The number of hydrogen-bond acceptors (Lipinski definition) is 5. The number of nitrogens with zero attached hydrogens (tertiary/aromatic N) is 2. The highest BCUT2D eigenvalue weighted by molar-refractivity contribution is 5.92. The van der Waals surface area contributed by atoms with E-state index in [0.29, 0.717) is 38.5 Å². The highest BCUT2D eigenvalue weighted by Gasteiger charge is 2.26. The summed E-state index contributed by atoms with van der Waals surface area (Å²) in [6.07, 6.45) is -0.321. The molecule has 0 radical (unpaired) electrons. The average molecular weight is 351 g/mol. The summed E-state index contributed by atoms with van der Waals surface area (Å²) in [6, 6.07) is 4.38. The lowest BCUT2D eigenvalue weighted by Crippen LogP contribution is -3.15. The largest absolute Gasteiger partial charge is 0.450 e. The number of carbonyl (C=O) groups excluding carboxylic acids is 2. The Morgan fingerprint density at radius 2 is 2.04 bits per heavy atom. The van der Waals surface area contributed by atoms with Crippen molar-refractivity contribution < 1.29 is 24.1 Å². The second-order valence-corrected chi connectivity index (χ2v) is 5.92. The Morgan fingerprint density at radius 1 is 1.36 bits per heavy atom. The average Bonchev–Trinajstić information content (AvgIpc) is 2.57. The van der Waals surface area contributed by atoms with Gasteiger partial charge in [-0.3, -0.25) is 19.8 Å². The van der Waals surface area contributed by atoms with Crippen LogP contribution >= 0.6 is 0 Å². The molecule has 1 fully saturated rings. The second-order valence-electron chi connectivity index (χ2n) is 5.92. The normalized spacial score (nSPS) is 14.9. The van der Waals surface area contributed by atoms with E-state index in [4.69, 9.17) is 4.74 Å². The Morgan fingerprint density at radius 3 is 2.64 bits per heavy atom. The van der Waals surface area contributed by atoms with E-state index in [1.54, 1.807) is 24.8 Å². The highest BCUT2D eigenvalue weighted by Crippen LogP contribution is 2.21. The molecule has 1 aliphatic heterocycles. The molecule has 25 heavy (non-hydrogen) atoms. The number of carbonyl (C=O) groups is 2. The van der Waals surface area contributed by atoms with Gasteiger partial charge in [0.25, 0.3) is 11.6 Å². The molecule has 1 aromatic rings.